The number of nitrogens with two attached hydrogens (primary N) is 1. The van der Waals surface area contributed by atoms with E-state index in [9.17, 15) is 4.79 Å². The molecule has 0 aromatic rings. The maximum absolute atomic E-state index is 11.9. The summed E-state index contributed by atoms with van der Waals surface area (Å²) >= 11 is 0. The number of amides is 1. The first-order valence-corrected chi connectivity index (χ1v) is 6.14. The number of rotatable bonds is 2. The Kier molecular flexibility index (Phi) is 2.86. The van der Waals surface area contributed by atoms with Gasteiger partial charge in [-0.3, -0.25) is 0 Å². The predicted molar refractivity (Wildman–Crippen MR) is 62.0 cm³/mol. The normalized spacial score (nSPS) is 32.5. The second-order valence-corrected chi connectivity index (χ2v) is 5.86. The van der Waals surface area contributed by atoms with Crippen molar-refractivity contribution in [3.8, 4) is 0 Å². The topological polar surface area (TPSA) is 55.6 Å². The summed E-state index contributed by atoms with van der Waals surface area (Å²) in [5, 5.41) is 0. The highest BCUT2D eigenvalue weighted by atomic mass is 16.6. The molecular formula is C12H22N2O2. The Labute approximate surface area is 97.1 Å². The minimum Gasteiger partial charge on any atom is -0.444 e. The van der Waals surface area contributed by atoms with Crippen LogP contribution < -0.4 is 5.73 Å². The van der Waals surface area contributed by atoms with Crippen molar-refractivity contribution in [3.63, 3.8) is 0 Å². The van der Waals surface area contributed by atoms with E-state index in [1.165, 1.54) is 0 Å². The first kappa shape index (κ1) is 11.7. The molecule has 0 radical (unpaired) electrons. The van der Waals surface area contributed by atoms with Crippen LogP contribution in [0.3, 0.4) is 0 Å². The van der Waals surface area contributed by atoms with Crippen LogP contribution in [0.5, 0.6) is 0 Å². The van der Waals surface area contributed by atoms with E-state index in [1.807, 2.05) is 25.7 Å². The Morgan fingerprint density at radius 2 is 2.19 bits per heavy atom. The first-order valence-electron chi connectivity index (χ1n) is 6.14. The molecule has 0 bridgehead atoms. The summed E-state index contributed by atoms with van der Waals surface area (Å²) in [7, 11) is 0. The predicted octanol–water partition coefficient (Wildman–Crippen LogP) is 1.59. The van der Waals surface area contributed by atoms with Crippen LogP contribution in [-0.2, 0) is 4.74 Å². The van der Waals surface area contributed by atoms with Crippen LogP contribution in [0.15, 0.2) is 0 Å². The number of carbonyl (C=O) groups is 1. The lowest BCUT2D eigenvalue weighted by Crippen LogP contribution is -2.37. The number of carbonyl (C=O) groups excluding carboxylic acids is 1. The zero-order valence-electron chi connectivity index (χ0n) is 10.4. The molecule has 0 aromatic heterocycles. The van der Waals surface area contributed by atoms with Crippen molar-refractivity contribution < 1.29 is 9.53 Å². The van der Waals surface area contributed by atoms with Crippen molar-refractivity contribution in [2.24, 2.45) is 17.6 Å². The van der Waals surface area contributed by atoms with Gasteiger partial charge in [0.15, 0.2) is 0 Å². The molecule has 4 nitrogen and oxygen atoms in total. The molecule has 1 saturated heterocycles. The van der Waals surface area contributed by atoms with Crippen molar-refractivity contribution >= 4 is 6.09 Å². The van der Waals surface area contributed by atoms with Crippen LogP contribution in [0.4, 0.5) is 4.79 Å². The third kappa shape index (κ3) is 2.17. The van der Waals surface area contributed by atoms with Gasteiger partial charge in [-0.15, -0.1) is 0 Å². The van der Waals surface area contributed by atoms with Gasteiger partial charge in [0.25, 0.3) is 0 Å². The van der Waals surface area contributed by atoms with E-state index >= 15 is 0 Å². The SMILES string of the molecule is CC(C)(C)OC(=O)N1CC[C@@H]2C(CCN)[C@@H]21. The molecule has 1 amide bonds. The molecule has 0 spiro atoms. The van der Waals surface area contributed by atoms with E-state index in [4.69, 9.17) is 10.5 Å². The molecule has 4 heteroatoms. The van der Waals surface area contributed by atoms with Gasteiger partial charge in [-0.1, -0.05) is 0 Å². The van der Waals surface area contributed by atoms with Gasteiger partial charge >= 0.3 is 6.09 Å². The third-order valence-corrected chi connectivity index (χ3v) is 3.48. The van der Waals surface area contributed by atoms with E-state index in [1.54, 1.807) is 0 Å². The Bertz CT molecular complexity index is 285. The third-order valence-electron chi connectivity index (χ3n) is 3.48. The molecule has 2 rings (SSSR count). The van der Waals surface area contributed by atoms with E-state index in [-0.39, 0.29) is 6.09 Å². The Hall–Kier alpha value is -0.770. The monoisotopic (exact) mass is 226 g/mol. The van der Waals surface area contributed by atoms with Crippen LogP contribution in [0.25, 0.3) is 0 Å². The van der Waals surface area contributed by atoms with Gasteiger partial charge in [0.2, 0.25) is 0 Å². The van der Waals surface area contributed by atoms with Crippen LogP contribution >= 0.6 is 0 Å². The zero-order valence-corrected chi connectivity index (χ0v) is 10.4. The average molecular weight is 226 g/mol. The Morgan fingerprint density at radius 1 is 1.50 bits per heavy atom. The molecule has 1 unspecified atom stereocenters. The lowest BCUT2D eigenvalue weighted by atomic mass is 10.2. The number of nitrogens with zero attached hydrogens (tertiary/aromatic N) is 1. The van der Waals surface area contributed by atoms with Crippen molar-refractivity contribution in [2.75, 3.05) is 13.1 Å². The standard InChI is InChI=1S/C12H22N2O2/c1-12(2,3)16-11(15)14-7-5-9-8(4-6-13)10(9)14/h8-10H,4-7,13H2,1-3H3/t8?,9-,10+/m1/s1. The summed E-state index contributed by atoms with van der Waals surface area (Å²) in [5.41, 5.74) is 5.17. The lowest BCUT2D eigenvalue weighted by Gasteiger charge is -2.26. The molecular weight excluding hydrogens is 204 g/mol. The van der Waals surface area contributed by atoms with Crippen LogP contribution in [0, 0.1) is 11.8 Å². The number of hydrogen-bond acceptors (Lipinski definition) is 3. The molecule has 1 heterocycles. The Balaban J connectivity index is 1.89. The van der Waals surface area contributed by atoms with Crippen LogP contribution in [-0.4, -0.2) is 35.7 Å². The summed E-state index contributed by atoms with van der Waals surface area (Å²) in [5.74, 6) is 1.32. The van der Waals surface area contributed by atoms with Crippen LogP contribution in [0.2, 0.25) is 0 Å². The smallest absolute Gasteiger partial charge is 0.410 e. The van der Waals surface area contributed by atoms with E-state index in [0.717, 1.165) is 25.9 Å². The van der Waals surface area contributed by atoms with Gasteiger partial charge in [-0.05, 0) is 52.0 Å². The quantitative estimate of drug-likeness (QED) is 0.778. The van der Waals surface area contributed by atoms with Crippen molar-refractivity contribution in [3.05, 3.63) is 0 Å². The van der Waals surface area contributed by atoms with Gasteiger partial charge < -0.3 is 15.4 Å². The molecule has 2 N–H and O–H groups in total. The maximum Gasteiger partial charge on any atom is 0.410 e. The molecule has 1 aliphatic carbocycles. The summed E-state index contributed by atoms with van der Waals surface area (Å²) < 4.78 is 5.40. The lowest BCUT2D eigenvalue weighted by molar-refractivity contribution is 0.0251. The number of likely N-dealkylation sites (tertiary alicyclic amines) is 1. The first-order chi connectivity index (χ1) is 7.44. The summed E-state index contributed by atoms with van der Waals surface area (Å²) in [6, 6.07) is 0.415. The molecule has 1 aliphatic heterocycles. The highest BCUT2D eigenvalue weighted by molar-refractivity contribution is 5.70. The molecule has 0 aromatic carbocycles. The number of hydrogen-bond donors (Lipinski definition) is 1. The van der Waals surface area contributed by atoms with Gasteiger partial charge in [-0.2, -0.15) is 0 Å². The number of ether oxygens (including phenoxy) is 1. The highest BCUT2D eigenvalue weighted by Gasteiger charge is 2.58. The van der Waals surface area contributed by atoms with Gasteiger partial charge in [-0.25, -0.2) is 4.79 Å². The molecule has 92 valence electrons. The maximum atomic E-state index is 11.9. The Morgan fingerprint density at radius 3 is 2.75 bits per heavy atom. The second-order valence-electron chi connectivity index (χ2n) is 5.86. The number of piperidine rings is 1. The highest BCUT2D eigenvalue weighted by Crippen LogP contribution is 2.52. The minimum absolute atomic E-state index is 0.153. The van der Waals surface area contributed by atoms with Crippen molar-refractivity contribution in [2.45, 2.75) is 45.3 Å². The minimum atomic E-state index is -0.395. The average Bonchev–Trinajstić information content (AvgIpc) is 2.65. The van der Waals surface area contributed by atoms with Gasteiger partial charge in [0, 0.05) is 12.6 Å². The molecule has 2 aliphatic rings. The molecule has 3 atom stereocenters. The fraction of sp³-hybridized carbons (Fsp3) is 0.917. The van der Waals surface area contributed by atoms with Crippen LogP contribution in [0.1, 0.15) is 33.6 Å². The summed E-state index contributed by atoms with van der Waals surface area (Å²) in [6.45, 7) is 7.29. The summed E-state index contributed by atoms with van der Waals surface area (Å²) in [4.78, 5) is 13.8. The van der Waals surface area contributed by atoms with E-state index in [2.05, 4.69) is 0 Å². The largest absolute Gasteiger partial charge is 0.444 e. The fourth-order valence-corrected chi connectivity index (χ4v) is 2.82. The molecule has 1 saturated carbocycles. The van der Waals surface area contributed by atoms with Gasteiger partial charge in [0.1, 0.15) is 5.60 Å². The molecule has 16 heavy (non-hydrogen) atoms. The van der Waals surface area contributed by atoms with Gasteiger partial charge in [0.05, 0.1) is 0 Å². The summed E-state index contributed by atoms with van der Waals surface area (Å²) in [6.07, 6.45) is 2.00. The van der Waals surface area contributed by atoms with E-state index < -0.39 is 5.60 Å². The van der Waals surface area contributed by atoms with E-state index in [0.29, 0.717) is 17.9 Å². The van der Waals surface area contributed by atoms with Crippen molar-refractivity contribution in [1.82, 2.24) is 4.90 Å². The molecule has 2 fully saturated rings. The zero-order chi connectivity index (χ0) is 11.9. The van der Waals surface area contributed by atoms with Crippen molar-refractivity contribution in [1.29, 1.82) is 0 Å². The second kappa shape index (κ2) is 3.91. The number of fused-ring (bicyclic) bond motifs is 1. The fourth-order valence-electron chi connectivity index (χ4n) is 2.82.